The lowest BCUT2D eigenvalue weighted by Crippen LogP contribution is -2.15. The minimum atomic E-state index is -4.16. The molecule has 0 unspecified atom stereocenters. The molecule has 0 bridgehead atoms. The van der Waals surface area contributed by atoms with Crippen molar-refractivity contribution in [1.82, 2.24) is 4.90 Å². The van der Waals surface area contributed by atoms with Gasteiger partial charge in [-0.3, -0.25) is 8.74 Å². The average molecular weight is 313 g/mol. The lowest BCUT2D eigenvalue weighted by Gasteiger charge is -2.07. The molecule has 0 aromatic rings. The van der Waals surface area contributed by atoms with Gasteiger partial charge in [0.25, 0.3) is 0 Å². The molecule has 0 spiro atoms. The molecule has 0 heterocycles. The van der Waals surface area contributed by atoms with Gasteiger partial charge in [0.05, 0.1) is 13.7 Å². The average Bonchev–Trinajstić information content (AvgIpc) is 2.38. The molecule has 8 heteroatoms. The number of hydrogen-bond acceptors (Lipinski definition) is 6. The summed E-state index contributed by atoms with van der Waals surface area (Å²) in [6, 6.07) is 0. The molecule has 122 valence electrons. The van der Waals surface area contributed by atoms with Gasteiger partial charge in [-0.25, -0.2) is 4.79 Å². The van der Waals surface area contributed by atoms with E-state index in [2.05, 4.69) is 41.3 Å². The molecule has 1 N–H and O–H groups in total. The van der Waals surface area contributed by atoms with E-state index in [1.807, 2.05) is 0 Å². The number of hydrogen-bond donors (Lipinski definition) is 1. The fraction of sp³-hybridized carbons (Fsp3) is 0.750. The number of nitrogens with zero attached hydrogens (tertiary/aromatic N) is 1. The smallest absolute Gasteiger partial charge is 0.397 e. The predicted octanol–water partition coefficient (Wildman–Crippen LogP) is 1.52. The van der Waals surface area contributed by atoms with Crippen LogP contribution in [0.2, 0.25) is 0 Å². The Labute approximate surface area is 122 Å². The first-order valence-corrected chi connectivity index (χ1v) is 7.46. The van der Waals surface area contributed by atoms with Gasteiger partial charge in [0.2, 0.25) is 0 Å². The van der Waals surface area contributed by atoms with Crippen molar-refractivity contribution in [3.8, 4) is 0 Å². The number of rotatable bonds is 5. The van der Waals surface area contributed by atoms with Gasteiger partial charge in [-0.2, -0.15) is 8.42 Å². The normalized spacial score (nSPS) is 9.80. The van der Waals surface area contributed by atoms with Crippen molar-refractivity contribution in [2.45, 2.75) is 27.7 Å². The Kier molecular flexibility index (Phi) is 17.4. The third kappa shape index (κ3) is 25.8. The second-order valence-electron chi connectivity index (χ2n) is 3.58. The van der Waals surface area contributed by atoms with Gasteiger partial charge in [-0.15, -0.1) is 0 Å². The van der Waals surface area contributed by atoms with Gasteiger partial charge in [0.1, 0.15) is 0 Å². The summed E-state index contributed by atoms with van der Waals surface area (Å²) in [5.74, 6) is -0.312. The molecule has 0 saturated carbocycles. The highest BCUT2D eigenvalue weighted by Gasteiger charge is 1.98. The Morgan fingerprint density at radius 2 is 1.60 bits per heavy atom. The zero-order chi connectivity index (χ0) is 16.8. The first kappa shape index (κ1) is 24.1. The summed E-state index contributed by atoms with van der Waals surface area (Å²) in [5.41, 5.74) is 0.451. The van der Waals surface area contributed by atoms with Crippen molar-refractivity contribution in [2.24, 2.45) is 0 Å². The van der Waals surface area contributed by atoms with Crippen LogP contribution < -0.4 is 0 Å². The summed E-state index contributed by atoms with van der Waals surface area (Å²) in [5, 5.41) is 0. The molecule has 0 aromatic carbocycles. The lowest BCUT2D eigenvalue weighted by atomic mass is 10.4. The van der Waals surface area contributed by atoms with Gasteiger partial charge in [0.15, 0.2) is 0 Å². The molecule has 0 aliphatic rings. The number of carbonyl (C=O) groups excluding carboxylic acids is 1. The van der Waals surface area contributed by atoms with E-state index in [9.17, 15) is 13.2 Å². The second kappa shape index (κ2) is 14.4. The maximum atomic E-state index is 10.4. The van der Waals surface area contributed by atoms with Crippen LogP contribution in [-0.2, 0) is 24.1 Å². The molecule has 0 rings (SSSR count). The number of carbonyl (C=O) groups is 1. The number of esters is 1. The molecule has 20 heavy (non-hydrogen) atoms. The van der Waals surface area contributed by atoms with Crippen molar-refractivity contribution in [3.63, 3.8) is 0 Å². The van der Waals surface area contributed by atoms with Crippen LogP contribution in [0.25, 0.3) is 0 Å². The second-order valence-corrected chi connectivity index (χ2v) is 4.77. The Morgan fingerprint density at radius 1 is 1.25 bits per heavy atom. The van der Waals surface area contributed by atoms with Crippen LogP contribution in [0, 0.1) is 0 Å². The molecule has 0 aromatic heterocycles. The zero-order valence-electron chi connectivity index (χ0n) is 13.2. The number of ether oxygens (including phenoxy) is 1. The fourth-order valence-corrected chi connectivity index (χ4v) is 0.478. The Bertz CT molecular complexity index is 349. The molecular weight excluding hydrogens is 286 g/mol. The Balaban J connectivity index is -0.000000221. The maximum absolute atomic E-state index is 10.4. The van der Waals surface area contributed by atoms with Gasteiger partial charge in [-0.05, 0) is 34.0 Å². The van der Waals surface area contributed by atoms with Gasteiger partial charge in [-0.1, -0.05) is 20.4 Å². The highest BCUT2D eigenvalue weighted by molar-refractivity contribution is 7.80. The topological polar surface area (TPSA) is 93.1 Å². The molecule has 0 saturated heterocycles. The van der Waals surface area contributed by atoms with Crippen LogP contribution in [0.4, 0.5) is 0 Å². The quantitative estimate of drug-likeness (QED) is 0.467. The van der Waals surface area contributed by atoms with Crippen molar-refractivity contribution < 1.29 is 26.7 Å². The largest absolute Gasteiger partial charge is 0.463 e. The van der Waals surface area contributed by atoms with E-state index < -0.39 is 10.4 Å². The van der Waals surface area contributed by atoms with Gasteiger partial charge in [0, 0.05) is 5.57 Å². The molecule has 0 radical (unpaired) electrons. The Hall–Kier alpha value is -0.960. The van der Waals surface area contributed by atoms with E-state index >= 15 is 0 Å². The molecule has 0 aliphatic heterocycles. The minimum absolute atomic E-state index is 0.312. The van der Waals surface area contributed by atoms with Crippen LogP contribution in [0.1, 0.15) is 27.7 Å². The lowest BCUT2D eigenvalue weighted by molar-refractivity contribution is -0.138. The van der Waals surface area contributed by atoms with Crippen LogP contribution in [0.3, 0.4) is 0 Å². The first-order chi connectivity index (χ1) is 9.05. The summed E-state index contributed by atoms with van der Waals surface area (Å²) in [6.45, 7) is 13.8. The first-order valence-electron chi connectivity index (χ1n) is 6.09. The molecule has 7 nitrogen and oxygen atoms in total. The van der Waals surface area contributed by atoms with Crippen LogP contribution in [0.15, 0.2) is 12.2 Å². The molecule has 0 aliphatic carbocycles. The van der Waals surface area contributed by atoms with E-state index in [4.69, 9.17) is 4.55 Å². The molecule has 0 amide bonds. The summed E-state index contributed by atoms with van der Waals surface area (Å²) in [7, 11) is -1.18. The molecule has 0 fully saturated rings. The van der Waals surface area contributed by atoms with Crippen molar-refractivity contribution in [2.75, 3.05) is 33.9 Å². The van der Waals surface area contributed by atoms with E-state index in [1.165, 1.54) is 0 Å². The Morgan fingerprint density at radius 3 is 1.65 bits per heavy atom. The van der Waals surface area contributed by atoms with E-state index in [0.29, 0.717) is 12.2 Å². The summed E-state index contributed by atoms with van der Waals surface area (Å²) in [4.78, 5) is 12.7. The maximum Gasteiger partial charge on any atom is 0.397 e. The monoisotopic (exact) mass is 313 g/mol. The third-order valence-corrected chi connectivity index (χ3v) is 2.34. The van der Waals surface area contributed by atoms with Crippen molar-refractivity contribution in [3.05, 3.63) is 12.2 Å². The predicted molar refractivity (Wildman–Crippen MR) is 78.8 cm³/mol. The highest BCUT2D eigenvalue weighted by atomic mass is 32.3. The summed E-state index contributed by atoms with van der Waals surface area (Å²) in [6.07, 6.45) is 0. The van der Waals surface area contributed by atoms with E-state index in [-0.39, 0.29) is 5.97 Å². The fourth-order valence-electron chi connectivity index (χ4n) is 0.478. The molecule has 0 atom stereocenters. The third-order valence-electron chi connectivity index (χ3n) is 1.91. The van der Waals surface area contributed by atoms with E-state index in [0.717, 1.165) is 20.2 Å². The summed E-state index contributed by atoms with van der Waals surface area (Å²) < 4.78 is 34.3. The van der Waals surface area contributed by atoms with E-state index in [1.54, 1.807) is 13.8 Å². The molecular formula is C12H27NO6S. The van der Waals surface area contributed by atoms with Crippen molar-refractivity contribution >= 4 is 16.4 Å². The minimum Gasteiger partial charge on any atom is -0.463 e. The van der Waals surface area contributed by atoms with Crippen LogP contribution >= 0.6 is 0 Å². The standard InChI is InChI=1S/C6H10O2.C5H13N.CH4O4S/c1-4-8-6(7)5(2)3;1-4-6(3)5-2;1-5-6(2,3)4/h2,4H2,1,3H3;4-5H2,1-3H3;1H3,(H,2,3,4). The van der Waals surface area contributed by atoms with Gasteiger partial charge >= 0.3 is 16.4 Å². The summed E-state index contributed by atoms with van der Waals surface area (Å²) >= 11 is 0. The SMILES string of the molecule is C=C(C)C(=O)OCC.CCN(C)CC.COS(=O)(=O)O. The van der Waals surface area contributed by atoms with Gasteiger partial charge < -0.3 is 9.64 Å². The van der Waals surface area contributed by atoms with Crippen LogP contribution in [-0.4, -0.2) is 57.7 Å². The van der Waals surface area contributed by atoms with Crippen molar-refractivity contribution in [1.29, 1.82) is 0 Å². The van der Waals surface area contributed by atoms with Crippen LogP contribution in [0.5, 0.6) is 0 Å². The zero-order valence-corrected chi connectivity index (χ0v) is 14.0. The highest BCUT2D eigenvalue weighted by Crippen LogP contribution is 1.89.